The Hall–Kier alpha value is -0.650. The fourth-order valence-corrected chi connectivity index (χ4v) is 3.51. The summed E-state index contributed by atoms with van der Waals surface area (Å²) in [6, 6.07) is 0.311. The van der Waals surface area contributed by atoms with E-state index in [9.17, 15) is 9.90 Å². The summed E-state index contributed by atoms with van der Waals surface area (Å²) in [4.78, 5) is 16.6. The zero-order valence-electron chi connectivity index (χ0n) is 13.0. The number of carbonyl (C=O) groups is 1. The molecule has 1 aliphatic heterocycles. The molecule has 3 atom stereocenters. The average Bonchev–Trinajstić information content (AvgIpc) is 3.24. The van der Waals surface area contributed by atoms with E-state index in [2.05, 4.69) is 4.90 Å². The molecule has 3 aliphatic rings. The van der Waals surface area contributed by atoms with Gasteiger partial charge < -0.3 is 14.7 Å². The van der Waals surface area contributed by atoms with Gasteiger partial charge in [-0.25, -0.2) is 0 Å². The van der Waals surface area contributed by atoms with Crippen molar-refractivity contribution in [3.05, 3.63) is 0 Å². The normalized spacial score (nSPS) is 32.4. The fourth-order valence-electron chi connectivity index (χ4n) is 3.51. The summed E-state index contributed by atoms with van der Waals surface area (Å²) in [6.07, 6.45) is 5.16. The highest BCUT2D eigenvalue weighted by molar-refractivity contribution is 5.80. The maximum Gasteiger partial charge on any atom is 0.251 e. The molecule has 5 heteroatoms. The summed E-state index contributed by atoms with van der Waals surface area (Å²) in [5, 5.41) is 9.99. The number of amides is 1. The van der Waals surface area contributed by atoms with E-state index in [1.54, 1.807) is 0 Å². The molecule has 2 saturated carbocycles. The van der Waals surface area contributed by atoms with Gasteiger partial charge in [-0.15, -0.1) is 0 Å². The van der Waals surface area contributed by atoms with Crippen molar-refractivity contribution in [3.8, 4) is 0 Å². The molecule has 0 unspecified atom stereocenters. The third kappa shape index (κ3) is 3.76. The van der Waals surface area contributed by atoms with Crippen LogP contribution < -0.4 is 0 Å². The lowest BCUT2D eigenvalue weighted by Gasteiger charge is -2.39. The molecule has 1 heterocycles. The Kier molecular flexibility index (Phi) is 4.82. The predicted molar refractivity (Wildman–Crippen MR) is 79.9 cm³/mol. The van der Waals surface area contributed by atoms with E-state index < -0.39 is 0 Å². The number of hydrogen-bond acceptors (Lipinski definition) is 4. The van der Waals surface area contributed by atoms with Gasteiger partial charge in [0.05, 0.1) is 12.7 Å². The van der Waals surface area contributed by atoms with Gasteiger partial charge in [-0.1, -0.05) is 0 Å². The summed E-state index contributed by atoms with van der Waals surface area (Å²) in [5.74, 6) is 0.822. The summed E-state index contributed by atoms with van der Waals surface area (Å²) in [7, 11) is 0. The first-order valence-electron chi connectivity index (χ1n) is 8.47. The third-order valence-corrected chi connectivity index (χ3v) is 5.17. The Bertz CT molecular complexity index is 365. The van der Waals surface area contributed by atoms with Crippen molar-refractivity contribution in [1.82, 2.24) is 9.80 Å². The highest BCUT2D eigenvalue weighted by Crippen LogP contribution is 2.29. The van der Waals surface area contributed by atoms with E-state index >= 15 is 0 Å². The first kappa shape index (κ1) is 15.3. The SMILES string of the molecule is C[C@H](OCC1CC1)C(=O)N1CCN([C@@H]2CCC[C@H]2O)CC1. The van der Waals surface area contributed by atoms with Gasteiger partial charge in [0.15, 0.2) is 0 Å². The minimum absolute atomic E-state index is 0.127. The van der Waals surface area contributed by atoms with Crippen molar-refractivity contribution >= 4 is 5.91 Å². The van der Waals surface area contributed by atoms with Crippen LogP contribution in [0.1, 0.15) is 39.0 Å². The molecule has 3 fully saturated rings. The number of piperazine rings is 1. The lowest BCUT2D eigenvalue weighted by molar-refractivity contribution is -0.145. The number of rotatable bonds is 5. The first-order valence-corrected chi connectivity index (χ1v) is 8.47. The molecule has 21 heavy (non-hydrogen) atoms. The number of ether oxygens (including phenoxy) is 1. The lowest BCUT2D eigenvalue weighted by atomic mass is 10.1. The Morgan fingerprint density at radius 1 is 1.19 bits per heavy atom. The quantitative estimate of drug-likeness (QED) is 0.817. The van der Waals surface area contributed by atoms with Crippen LogP contribution in [0.2, 0.25) is 0 Å². The molecular weight excluding hydrogens is 268 g/mol. The van der Waals surface area contributed by atoms with E-state index in [0.717, 1.165) is 52.0 Å². The minimum atomic E-state index is -0.311. The number of hydrogen-bond donors (Lipinski definition) is 1. The number of aliphatic hydroxyl groups excluding tert-OH is 1. The Morgan fingerprint density at radius 3 is 2.48 bits per heavy atom. The number of carbonyl (C=O) groups excluding carboxylic acids is 1. The van der Waals surface area contributed by atoms with Crippen molar-refractivity contribution < 1.29 is 14.6 Å². The topological polar surface area (TPSA) is 53.0 Å². The molecule has 120 valence electrons. The van der Waals surface area contributed by atoms with Crippen LogP contribution in [0.25, 0.3) is 0 Å². The van der Waals surface area contributed by atoms with Crippen LogP contribution in [-0.4, -0.2) is 71.8 Å². The molecule has 0 spiro atoms. The van der Waals surface area contributed by atoms with Crippen LogP contribution >= 0.6 is 0 Å². The Labute approximate surface area is 127 Å². The van der Waals surface area contributed by atoms with Gasteiger partial charge in [-0.2, -0.15) is 0 Å². The van der Waals surface area contributed by atoms with Crippen LogP contribution in [0.4, 0.5) is 0 Å². The highest BCUT2D eigenvalue weighted by Gasteiger charge is 2.34. The van der Waals surface area contributed by atoms with E-state index in [0.29, 0.717) is 12.0 Å². The van der Waals surface area contributed by atoms with Crippen molar-refractivity contribution in [3.63, 3.8) is 0 Å². The minimum Gasteiger partial charge on any atom is -0.391 e. The second kappa shape index (κ2) is 6.63. The molecule has 1 N–H and O–H groups in total. The van der Waals surface area contributed by atoms with Gasteiger partial charge in [-0.05, 0) is 44.9 Å². The lowest BCUT2D eigenvalue weighted by Crippen LogP contribution is -2.55. The Morgan fingerprint density at radius 2 is 1.90 bits per heavy atom. The van der Waals surface area contributed by atoms with Crippen molar-refractivity contribution in [2.24, 2.45) is 5.92 Å². The van der Waals surface area contributed by atoms with E-state index in [4.69, 9.17) is 4.74 Å². The van der Waals surface area contributed by atoms with Gasteiger partial charge in [0, 0.05) is 32.2 Å². The van der Waals surface area contributed by atoms with Crippen molar-refractivity contribution in [1.29, 1.82) is 0 Å². The second-order valence-electron chi connectivity index (χ2n) is 6.85. The molecule has 1 saturated heterocycles. The van der Waals surface area contributed by atoms with Crippen LogP contribution in [0.3, 0.4) is 0 Å². The molecule has 0 radical (unpaired) electrons. The fraction of sp³-hybridized carbons (Fsp3) is 0.938. The summed E-state index contributed by atoms with van der Waals surface area (Å²) in [6.45, 7) is 5.89. The maximum absolute atomic E-state index is 12.4. The smallest absolute Gasteiger partial charge is 0.251 e. The average molecular weight is 296 g/mol. The summed E-state index contributed by atoms with van der Waals surface area (Å²) in [5.41, 5.74) is 0. The monoisotopic (exact) mass is 296 g/mol. The van der Waals surface area contributed by atoms with Gasteiger partial charge >= 0.3 is 0 Å². The zero-order valence-corrected chi connectivity index (χ0v) is 13.0. The van der Waals surface area contributed by atoms with Gasteiger partial charge in [0.25, 0.3) is 5.91 Å². The van der Waals surface area contributed by atoms with E-state index in [-0.39, 0.29) is 18.1 Å². The molecule has 1 amide bonds. The molecular formula is C16H28N2O3. The predicted octanol–water partition coefficient (Wildman–Crippen LogP) is 0.859. The molecule has 5 nitrogen and oxygen atoms in total. The van der Waals surface area contributed by atoms with Crippen LogP contribution in [0.15, 0.2) is 0 Å². The van der Waals surface area contributed by atoms with Gasteiger partial charge in [0.2, 0.25) is 0 Å². The molecule has 0 aromatic carbocycles. The van der Waals surface area contributed by atoms with Crippen LogP contribution in [0.5, 0.6) is 0 Å². The second-order valence-corrected chi connectivity index (χ2v) is 6.85. The molecule has 3 rings (SSSR count). The largest absolute Gasteiger partial charge is 0.391 e. The van der Waals surface area contributed by atoms with Gasteiger partial charge in [-0.3, -0.25) is 9.69 Å². The van der Waals surface area contributed by atoms with Crippen LogP contribution in [-0.2, 0) is 9.53 Å². The molecule has 0 bridgehead atoms. The maximum atomic E-state index is 12.4. The van der Waals surface area contributed by atoms with E-state index in [1.165, 1.54) is 12.8 Å². The summed E-state index contributed by atoms with van der Waals surface area (Å²) < 4.78 is 5.68. The number of aliphatic hydroxyl groups is 1. The van der Waals surface area contributed by atoms with Gasteiger partial charge in [0.1, 0.15) is 6.10 Å². The first-order chi connectivity index (χ1) is 10.1. The van der Waals surface area contributed by atoms with Crippen molar-refractivity contribution in [2.45, 2.75) is 57.3 Å². The zero-order chi connectivity index (χ0) is 14.8. The molecule has 2 aliphatic carbocycles. The van der Waals surface area contributed by atoms with Crippen LogP contribution in [0, 0.1) is 5.92 Å². The highest BCUT2D eigenvalue weighted by atomic mass is 16.5. The summed E-state index contributed by atoms with van der Waals surface area (Å²) >= 11 is 0. The molecule has 0 aromatic rings. The number of nitrogens with zero attached hydrogens (tertiary/aromatic N) is 2. The standard InChI is InChI=1S/C16H28N2O3/c1-12(21-11-13-5-6-13)16(20)18-9-7-17(8-10-18)14-3-2-4-15(14)19/h12-15,19H,2-11H2,1H3/t12-,14+,15+/m0/s1. The Balaban J connectivity index is 1.42. The van der Waals surface area contributed by atoms with Crippen molar-refractivity contribution in [2.75, 3.05) is 32.8 Å². The molecule has 0 aromatic heterocycles. The van der Waals surface area contributed by atoms with E-state index in [1.807, 2.05) is 11.8 Å². The third-order valence-electron chi connectivity index (χ3n) is 5.17.